The highest BCUT2D eigenvalue weighted by Gasteiger charge is 2.17. The number of aliphatic hydroxyl groups excluding tert-OH is 1. The third kappa shape index (κ3) is 4.77. The molecule has 0 spiro atoms. The molecule has 0 atom stereocenters. The molecule has 0 fully saturated rings. The summed E-state index contributed by atoms with van der Waals surface area (Å²) in [4.78, 5) is 12.7. The Hall–Kier alpha value is -3.71. The topological polar surface area (TPSA) is 112 Å². The Morgan fingerprint density at radius 2 is 1.62 bits per heavy atom. The Labute approximate surface area is 167 Å². The van der Waals surface area contributed by atoms with Gasteiger partial charge in [0.15, 0.2) is 5.78 Å². The Morgan fingerprint density at radius 3 is 2.24 bits per heavy atom. The summed E-state index contributed by atoms with van der Waals surface area (Å²) in [6.45, 7) is 0.0627. The van der Waals surface area contributed by atoms with Crippen LogP contribution in [-0.2, 0) is 6.42 Å². The molecule has 7 heteroatoms. The van der Waals surface area contributed by atoms with Crippen LogP contribution in [0.4, 0.5) is 11.4 Å². The van der Waals surface area contributed by atoms with Crippen LogP contribution in [0.25, 0.3) is 0 Å². The number of ether oxygens (including phenoxy) is 1. The minimum atomic E-state index is -0.421. The molecule has 0 bridgehead atoms. The van der Waals surface area contributed by atoms with Gasteiger partial charge in [-0.2, -0.15) is 5.11 Å². The fraction of sp³-hybridized carbons (Fsp3) is 0.136. The zero-order valence-corrected chi connectivity index (χ0v) is 15.7. The van der Waals surface area contributed by atoms with E-state index < -0.39 is 5.78 Å². The summed E-state index contributed by atoms with van der Waals surface area (Å²) in [5, 5.41) is 37.2. The lowest BCUT2D eigenvalue weighted by atomic mass is 10.0. The van der Waals surface area contributed by atoms with Gasteiger partial charge in [0.1, 0.15) is 22.9 Å². The molecule has 3 aromatic rings. The number of azo groups is 1. The van der Waals surface area contributed by atoms with Gasteiger partial charge >= 0.3 is 0 Å². The summed E-state index contributed by atoms with van der Waals surface area (Å²) < 4.78 is 5.07. The predicted molar refractivity (Wildman–Crippen MR) is 108 cm³/mol. The number of hydrogen-bond donors (Lipinski definition) is 3. The van der Waals surface area contributed by atoms with Crippen molar-refractivity contribution in [2.24, 2.45) is 10.2 Å². The Kier molecular flexibility index (Phi) is 6.21. The van der Waals surface area contributed by atoms with E-state index in [-0.39, 0.29) is 29.4 Å². The van der Waals surface area contributed by atoms with Crippen molar-refractivity contribution >= 4 is 17.2 Å². The zero-order valence-electron chi connectivity index (χ0n) is 15.7. The highest BCUT2D eigenvalue weighted by Crippen LogP contribution is 2.35. The van der Waals surface area contributed by atoms with Gasteiger partial charge in [-0.15, -0.1) is 5.11 Å². The van der Waals surface area contributed by atoms with E-state index in [0.29, 0.717) is 23.4 Å². The van der Waals surface area contributed by atoms with Crippen molar-refractivity contribution in [2.75, 3.05) is 13.7 Å². The molecule has 0 aliphatic carbocycles. The van der Waals surface area contributed by atoms with Crippen LogP contribution < -0.4 is 4.74 Å². The Bertz CT molecular complexity index is 1030. The quantitative estimate of drug-likeness (QED) is 0.410. The third-order valence-corrected chi connectivity index (χ3v) is 4.30. The number of benzene rings is 3. The maximum absolute atomic E-state index is 12.7. The van der Waals surface area contributed by atoms with Crippen molar-refractivity contribution in [2.45, 2.75) is 6.42 Å². The minimum absolute atomic E-state index is 0.000195. The van der Waals surface area contributed by atoms with Gasteiger partial charge in [-0.05, 0) is 54.4 Å². The van der Waals surface area contributed by atoms with Crippen molar-refractivity contribution in [3.05, 3.63) is 77.4 Å². The molecule has 7 nitrogen and oxygen atoms in total. The van der Waals surface area contributed by atoms with Gasteiger partial charge in [0.2, 0.25) is 0 Å². The van der Waals surface area contributed by atoms with Gasteiger partial charge in [0, 0.05) is 18.2 Å². The first-order valence-electron chi connectivity index (χ1n) is 8.88. The number of hydrogen-bond acceptors (Lipinski definition) is 7. The van der Waals surface area contributed by atoms with Crippen LogP contribution in [0.15, 0.2) is 70.9 Å². The molecular formula is C22H20N2O5. The highest BCUT2D eigenvalue weighted by atomic mass is 16.5. The lowest BCUT2D eigenvalue weighted by molar-refractivity contribution is 0.103. The highest BCUT2D eigenvalue weighted by molar-refractivity contribution is 6.11. The van der Waals surface area contributed by atoms with Crippen LogP contribution in [0, 0.1) is 0 Å². The van der Waals surface area contributed by atoms with E-state index in [9.17, 15) is 15.0 Å². The van der Waals surface area contributed by atoms with E-state index in [1.54, 1.807) is 36.4 Å². The molecule has 0 heterocycles. The molecule has 148 valence electrons. The van der Waals surface area contributed by atoms with Crippen LogP contribution in [0.5, 0.6) is 17.2 Å². The van der Waals surface area contributed by atoms with E-state index in [4.69, 9.17) is 9.84 Å². The number of carbonyl (C=O) groups excluding carboxylic acids is 1. The van der Waals surface area contributed by atoms with Crippen molar-refractivity contribution < 1.29 is 24.9 Å². The second-order valence-electron chi connectivity index (χ2n) is 6.26. The molecule has 0 aromatic heterocycles. The lowest BCUT2D eigenvalue weighted by Crippen LogP contribution is -2.01. The van der Waals surface area contributed by atoms with Crippen molar-refractivity contribution in [3.63, 3.8) is 0 Å². The summed E-state index contributed by atoms with van der Waals surface area (Å²) in [7, 11) is 1.53. The molecule has 3 N–H and O–H groups in total. The number of nitrogens with zero attached hydrogens (tertiary/aromatic N) is 2. The largest absolute Gasteiger partial charge is 0.507 e. The van der Waals surface area contributed by atoms with Crippen LogP contribution in [0.2, 0.25) is 0 Å². The minimum Gasteiger partial charge on any atom is -0.507 e. The van der Waals surface area contributed by atoms with Crippen molar-refractivity contribution in [1.29, 1.82) is 0 Å². The number of rotatable bonds is 7. The van der Waals surface area contributed by atoms with Gasteiger partial charge < -0.3 is 20.1 Å². The smallest absolute Gasteiger partial charge is 0.196 e. The maximum Gasteiger partial charge on any atom is 0.196 e. The number of aromatic hydroxyl groups is 2. The monoisotopic (exact) mass is 392 g/mol. The summed E-state index contributed by atoms with van der Waals surface area (Å²) in [5.74, 6) is -0.462. The Morgan fingerprint density at radius 1 is 0.931 bits per heavy atom. The summed E-state index contributed by atoms with van der Waals surface area (Å²) in [6.07, 6.45) is 0.549. The van der Waals surface area contributed by atoms with Gasteiger partial charge in [0.25, 0.3) is 0 Å². The summed E-state index contributed by atoms with van der Waals surface area (Å²) in [6, 6.07) is 15.9. The van der Waals surface area contributed by atoms with E-state index in [1.165, 1.54) is 13.2 Å². The molecule has 29 heavy (non-hydrogen) atoms. The molecule has 0 aliphatic rings. The van der Waals surface area contributed by atoms with Gasteiger partial charge in [0.05, 0.1) is 18.4 Å². The molecule has 0 saturated heterocycles. The van der Waals surface area contributed by atoms with Gasteiger partial charge in [-0.25, -0.2) is 0 Å². The standard InChI is InChI=1S/C22H20N2O5/c1-29-17-8-4-15(5-9-17)22(28)18-12-19(21(27)13-20(18)26)24-23-16-6-2-14(3-7-16)10-11-25/h2-9,12-13,25-27H,10-11H2,1H3. The number of phenols is 2. The lowest BCUT2D eigenvalue weighted by Gasteiger charge is -2.07. The van der Waals surface area contributed by atoms with Crippen LogP contribution in [0.1, 0.15) is 21.5 Å². The molecule has 0 amide bonds. The Balaban J connectivity index is 1.87. The second kappa shape index (κ2) is 8.99. The molecule has 3 aromatic carbocycles. The van der Waals surface area contributed by atoms with Crippen LogP contribution >= 0.6 is 0 Å². The first-order valence-corrected chi connectivity index (χ1v) is 8.88. The molecule has 0 aliphatic heterocycles. The van der Waals surface area contributed by atoms with Gasteiger partial charge in [-0.1, -0.05) is 12.1 Å². The average molecular weight is 392 g/mol. The predicted octanol–water partition coefficient (Wildman–Crippen LogP) is 4.29. The van der Waals surface area contributed by atoms with E-state index in [0.717, 1.165) is 11.6 Å². The molecule has 0 radical (unpaired) electrons. The number of aliphatic hydroxyl groups is 1. The molecule has 0 saturated carbocycles. The number of ketones is 1. The second-order valence-corrected chi connectivity index (χ2v) is 6.26. The third-order valence-electron chi connectivity index (χ3n) is 4.30. The number of carbonyl (C=O) groups is 1. The first-order chi connectivity index (χ1) is 14.0. The van der Waals surface area contributed by atoms with Crippen molar-refractivity contribution in [3.8, 4) is 17.2 Å². The van der Waals surface area contributed by atoms with E-state index in [1.807, 2.05) is 12.1 Å². The number of phenolic OH excluding ortho intramolecular Hbond substituents is 2. The zero-order chi connectivity index (χ0) is 20.8. The van der Waals surface area contributed by atoms with E-state index in [2.05, 4.69) is 10.2 Å². The summed E-state index contributed by atoms with van der Waals surface area (Å²) in [5.41, 5.74) is 1.92. The summed E-state index contributed by atoms with van der Waals surface area (Å²) >= 11 is 0. The van der Waals surface area contributed by atoms with Gasteiger partial charge in [-0.3, -0.25) is 4.79 Å². The normalized spacial score (nSPS) is 11.0. The maximum atomic E-state index is 12.7. The molecule has 3 rings (SSSR count). The SMILES string of the molecule is COc1ccc(C(=O)c2cc(N=Nc3ccc(CCO)cc3)c(O)cc2O)cc1. The molecular weight excluding hydrogens is 372 g/mol. The fourth-order valence-electron chi connectivity index (χ4n) is 2.70. The van der Waals surface area contributed by atoms with E-state index >= 15 is 0 Å². The average Bonchev–Trinajstić information content (AvgIpc) is 2.74. The van der Waals surface area contributed by atoms with Crippen LogP contribution in [0.3, 0.4) is 0 Å². The number of methoxy groups -OCH3 is 1. The first kappa shape index (κ1) is 20.0. The van der Waals surface area contributed by atoms with Crippen LogP contribution in [-0.4, -0.2) is 34.8 Å². The van der Waals surface area contributed by atoms with Crippen molar-refractivity contribution in [1.82, 2.24) is 0 Å². The molecule has 0 unspecified atom stereocenters. The fourth-order valence-corrected chi connectivity index (χ4v) is 2.70.